The van der Waals surface area contributed by atoms with E-state index in [2.05, 4.69) is 111 Å². The molecular weight excluding hydrogens is 416 g/mol. The van der Waals surface area contributed by atoms with Crippen LogP contribution in [0.3, 0.4) is 0 Å². The third-order valence-corrected chi connectivity index (χ3v) is 5.93. The Hall–Kier alpha value is -4.04. The van der Waals surface area contributed by atoms with E-state index in [1.807, 2.05) is 12.1 Å². The second kappa shape index (κ2) is 10.7. The van der Waals surface area contributed by atoms with Crippen molar-refractivity contribution in [2.45, 2.75) is 13.8 Å². The molecule has 4 aromatic rings. The van der Waals surface area contributed by atoms with E-state index in [4.69, 9.17) is 9.47 Å². The molecule has 0 saturated carbocycles. The summed E-state index contributed by atoms with van der Waals surface area (Å²) in [7, 11) is 3.42. The summed E-state index contributed by atoms with van der Waals surface area (Å²) < 4.78 is 11.6. The number of allylic oxidation sites excluding steroid dienone is 1. The SMILES string of the molecule is COc1cc(/C=C(\c2ccccc2)c2ccc(C)cc2)c(OC)cc1/C=C(/C)c1ccccc1. The smallest absolute Gasteiger partial charge is 0.126 e. The molecule has 4 aromatic carbocycles. The van der Waals surface area contributed by atoms with Crippen molar-refractivity contribution >= 4 is 23.3 Å². The Morgan fingerprint density at radius 1 is 0.588 bits per heavy atom. The normalized spacial score (nSPS) is 11.9. The second-order valence-electron chi connectivity index (χ2n) is 8.32. The molecule has 2 heteroatoms. The zero-order valence-corrected chi connectivity index (χ0v) is 20.2. The van der Waals surface area contributed by atoms with Gasteiger partial charge in [-0.3, -0.25) is 0 Å². The number of rotatable bonds is 7. The molecule has 0 bridgehead atoms. The number of hydrogen-bond donors (Lipinski definition) is 0. The minimum atomic E-state index is 0.799. The largest absolute Gasteiger partial charge is 0.496 e. The maximum atomic E-state index is 5.84. The van der Waals surface area contributed by atoms with E-state index in [1.54, 1.807) is 14.2 Å². The zero-order chi connectivity index (χ0) is 23.9. The predicted molar refractivity (Wildman–Crippen MR) is 144 cm³/mol. The summed E-state index contributed by atoms with van der Waals surface area (Å²) in [5.41, 5.74) is 8.96. The van der Waals surface area contributed by atoms with E-state index in [-0.39, 0.29) is 0 Å². The van der Waals surface area contributed by atoms with Gasteiger partial charge in [-0.25, -0.2) is 0 Å². The first kappa shape index (κ1) is 23.1. The fourth-order valence-electron chi connectivity index (χ4n) is 4.03. The molecule has 0 saturated heterocycles. The van der Waals surface area contributed by atoms with Gasteiger partial charge in [0, 0.05) is 11.1 Å². The van der Waals surface area contributed by atoms with Gasteiger partial charge < -0.3 is 9.47 Å². The molecule has 0 aliphatic carbocycles. The Morgan fingerprint density at radius 2 is 1.06 bits per heavy atom. The van der Waals surface area contributed by atoms with Gasteiger partial charge in [-0.15, -0.1) is 0 Å². The van der Waals surface area contributed by atoms with Crippen LogP contribution < -0.4 is 9.47 Å². The van der Waals surface area contributed by atoms with Gasteiger partial charge in [0.05, 0.1) is 14.2 Å². The minimum absolute atomic E-state index is 0.799. The van der Waals surface area contributed by atoms with Crippen molar-refractivity contribution in [3.8, 4) is 11.5 Å². The third kappa shape index (κ3) is 5.29. The molecule has 4 rings (SSSR count). The first-order valence-electron chi connectivity index (χ1n) is 11.4. The van der Waals surface area contributed by atoms with Gasteiger partial charge >= 0.3 is 0 Å². The summed E-state index contributed by atoms with van der Waals surface area (Å²) in [6, 6.07) is 33.5. The molecule has 0 aliphatic heterocycles. The van der Waals surface area contributed by atoms with Gasteiger partial charge in [-0.05, 0) is 66.0 Å². The topological polar surface area (TPSA) is 18.5 Å². The molecule has 0 unspecified atom stereocenters. The molecule has 34 heavy (non-hydrogen) atoms. The van der Waals surface area contributed by atoms with E-state index in [9.17, 15) is 0 Å². The third-order valence-electron chi connectivity index (χ3n) is 5.93. The maximum Gasteiger partial charge on any atom is 0.126 e. The Kier molecular flexibility index (Phi) is 7.29. The van der Waals surface area contributed by atoms with Crippen LogP contribution in [0.2, 0.25) is 0 Å². The van der Waals surface area contributed by atoms with E-state index in [0.717, 1.165) is 44.9 Å². The zero-order valence-electron chi connectivity index (χ0n) is 20.2. The lowest BCUT2D eigenvalue weighted by molar-refractivity contribution is 0.401. The fraction of sp³-hybridized carbons (Fsp3) is 0.125. The van der Waals surface area contributed by atoms with Crippen molar-refractivity contribution in [3.05, 3.63) is 130 Å². The Morgan fingerprint density at radius 3 is 1.59 bits per heavy atom. The lowest BCUT2D eigenvalue weighted by atomic mass is 9.94. The lowest BCUT2D eigenvalue weighted by Gasteiger charge is -2.15. The van der Waals surface area contributed by atoms with Crippen molar-refractivity contribution < 1.29 is 9.47 Å². The van der Waals surface area contributed by atoms with Crippen molar-refractivity contribution in [1.29, 1.82) is 0 Å². The van der Waals surface area contributed by atoms with E-state index in [0.29, 0.717) is 0 Å². The predicted octanol–water partition coefficient (Wildman–Crippen LogP) is 8.16. The number of benzene rings is 4. The average Bonchev–Trinajstić information content (AvgIpc) is 2.89. The van der Waals surface area contributed by atoms with E-state index < -0.39 is 0 Å². The average molecular weight is 447 g/mol. The standard InChI is InChI=1S/C32H30O2/c1-23-15-17-27(18-16-23)30(26-13-9-6-10-14-26)20-29-22-31(33-3)28(21-32(29)34-4)19-24(2)25-11-7-5-8-12-25/h5-22H,1-4H3/b24-19-,30-20+. The molecule has 0 radical (unpaired) electrons. The summed E-state index contributed by atoms with van der Waals surface area (Å²) in [4.78, 5) is 0. The first-order chi connectivity index (χ1) is 16.6. The van der Waals surface area contributed by atoms with Crippen LogP contribution in [-0.4, -0.2) is 14.2 Å². The molecule has 0 aliphatic rings. The Labute approximate surface area is 202 Å². The summed E-state index contributed by atoms with van der Waals surface area (Å²) in [5.74, 6) is 1.60. The van der Waals surface area contributed by atoms with Crippen molar-refractivity contribution in [2.24, 2.45) is 0 Å². The molecule has 0 aromatic heterocycles. The molecular formula is C32H30O2. The van der Waals surface area contributed by atoms with Crippen LogP contribution in [-0.2, 0) is 0 Å². The first-order valence-corrected chi connectivity index (χ1v) is 11.4. The minimum Gasteiger partial charge on any atom is -0.496 e. The molecule has 0 fully saturated rings. The Bertz CT molecular complexity index is 1300. The lowest BCUT2D eigenvalue weighted by Crippen LogP contribution is -1.95. The van der Waals surface area contributed by atoms with Crippen LogP contribution in [0.15, 0.2) is 97.1 Å². The number of methoxy groups -OCH3 is 2. The van der Waals surface area contributed by atoms with Crippen molar-refractivity contribution in [2.75, 3.05) is 14.2 Å². The van der Waals surface area contributed by atoms with Gasteiger partial charge in [0.15, 0.2) is 0 Å². The molecule has 0 atom stereocenters. The Balaban J connectivity index is 1.84. The van der Waals surface area contributed by atoms with Gasteiger partial charge in [0.1, 0.15) is 11.5 Å². The highest BCUT2D eigenvalue weighted by molar-refractivity contribution is 5.93. The van der Waals surface area contributed by atoms with Crippen molar-refractivity contribution in [1.82, 2.24) is 0 Å². The molecule has 0 N–H and O–H groups in total. The summed E-state index contributed by atoms with van der Waals surface area (Å²) >= 11 is 0. The molecule has 0 amide bonds. The van der Waals surface area contributed by atoms with Crippen LogP contribution in [0.4, 0.5) is 0 Å². The highest BCUT2D eigenvalue weighted by atomic mass is 16.5. The quantitative estimate of drug-likeness (QED) is 0.267. The van der Waals surface area contributed by atoms with Crippen LogP contribution in [0.5, 0.6) is 11.5 Å². The van der Waals surface area contributed by atoms with Gasteiger partial charge in [-0.1, -0.05) is 90.5 Å². The molecule has 170 valence electrons. The molecule has 2 nitrogen and oxygen atoms in total. The van der Waals surface area contributed by atoms with Crippen LogP contribution in [0, 0.1) is 6.92 Å². The van der Waals surface area contributed by atoms with E-state index in [1.165, 1.54) is 11.1 Å². The fourth-order valence-corrected chi connectivity index (χ4v) is 4.03. The summed E-state index contributed by atoms with van der Waals surface area (Å²) in [5, 5.41) is 0. The number of hydrogen-bond acceptors (Lipinski definition) is 2. The monoisotopic (exact) mass is 446 g/mol. The number of aryl methyl sites for hydroxylation is 1. The van der Waals surface area contributed by atoms with Crippen LogP contribution in [0.25, 0.3) is 23.3 Å². The molecule has 0 spiro atoms. The maximum absolute atomic E-state index is 5.84. The van der Waals surface area contributed by atoms with Gasteiger partial charge in [0.2, 0.25) is 0 Å². The van der Waals surface area contributed by atoms with Crippen molar-refractivity contribution in [3.63, 3.8) is 0 Å². The summed E-state index contributed by atoms with van der Waals surface area (Å²) in [6.07, 6.45) is 4.32. The highest BCUT2D eigenvalue weighted by Gasteiger charge is 2.12. The molecule has 0 heterocycles. The highest BCUT2D eigenvalue weighted by Crippen LogP contribution is 2.35. The van der Waals surface area contributed by atoms with Gasteiger partial charge in [0.25, 0.3) is 0 Å². The van der Waals surface area contributed by atoms with Crippen LogP contribution in [0.1, 0.15) is 40.3 Å². The van der Waals surface area contributed by atoms with E-state index >= 15 is 0 Å². The van der Waals surface area contributed by atoms with Gasteiger partial charge in [-0.2, -0.15) is 0 Å². The van der Waals surface area contributed by atoms with Crippen LogP contribution >= 0.6 is 0 Å². The second-order valence-corrected chi connectivity index (χ2v) is 8.32. The summed E-state index contributed by atoms with van der Waals surface area (Å²) in [6.45, 7) is 4.22. The number of ether oxygens (including phenoxy) is 2.